The molecule has 4 aliphatic heterocycles. The zero-order valence-corrected chi connectivity index (χ0v) is 25.9. The van der Waals surface area contributed by atoms with Crippen LogP contribution in [0.5, 0.6) is 11.9 Å². The molecule has 0 aliphatic carbocycles. The second-order valence-corrected chi connectivity index (χ2v) is 13.1. The smallest absolute Gasteiger partial charge is 0.417 e. The molecule has 7 rings (SSSR count). The van der Waals surface area contributed by atoms with Crippen molar-refractivity contribution in [1.29, 1.82) is 0 Å². The van der Waals surface area contributed by atoms with Gasteiger partial charge in [0, 0.05) is 30.6 Å². The Morgan fingerprint density at radius 3 is 2.62 bits per heavy atom. The molecule has 9 nitrogen and oxygen atoms in total. The van der Waals surface area contributed by atoms with Gasteiger partial charge in [0.2, 0.25) is 12.3 Å². The fourth-order valence-corrected chi connectivity index (χ4v) is 7.96. The molecule has 2 bridgehead atoms. The van der Waals surface area contributed by atoms with Crippen LogP contribution in [0.3, 0.4) is 0 Å². The molecule has 3 aromatic rings. The van der Waals surface area contributed by atoms with Crippen molar-refractivity contribution in [3.63, 3.8) is 0 Å². The number of halogens is 7. The number of fused-ring (bicyclic) bond motifs is 5. The van der Waals surface area contributed by atoms with Gasteiger partial charge in [-0.05, 0) is 64.8 Å². The second kappa shape index (κ2) is 11.2. The zero-order chi connectivity index (χ0) is 33.6. The molecular weight excluding hydrogens is 635 g/mol. The highest BCUT2D eigenvalue weighted by atomic mass is 19.4. The maximum Gasteiger partial charge on any atom is 0.417 e. The Balaban J connectivity index is 1.44. The zero-order valence-electron chi connectivity index (χ0n) is 25.9. The number of anilines is 2. The number of hydrogen-bond donors (Lipinski definition) is 2. The van der Waals surface area contributed by atoms with Gasteiger partial charge >= 0.3 is 12.2 Å². The SMILES string of the molecule is Cc1c(F)c(N)cc(-c2nc3c4c(nc(OC[C@]5(CC(F)F)CCCN5C)nc4c2F)N2C[C@H]4CC[C@H](N4)[C@H]2[C@H](C)O3)c1C(F)(F)F. The molecule has 0 saturated carbocycles. The summed E-state index contributed by atoms with van der Waals surface area (Å²) in [4.78, 5) is 17.0. The molecule has 3 fully saturated rings. The molecule has 4 aliphatic rings. The van der Waals surface area contributed by atoms with E-state index in [1.807, 2.05) is 4.90 Å². The summed E-state index contributed by atoms with van der Waals surface area (Å²) in [5, 5.41) is 3.60. The van der Waals surface area contributed by atoms with E-state index in [2.05, 4.69) is 20.3 Å². The maximum atomic E-state index is 16.8. The summed E-state index contributed by atoms with van der Waals surface area (Å²) in [5.41, 5.74) is -0.157. The van der Waals surface area contributed by atoms with Gasteiger partial charge in [-0.3, -0.25) is 4.90 Å². The second-order valence-electron chi connectivity index (χ2n) is 13.1. The summed E-state index contributed by atoms with van der Waals surface area (Å²) in [5.74, 6) is -2.51. The average Bonchev–Trinajstić information content (AvgIpc) is 3.52. The van der Waals surface area contributed by atoms with Crippen LogP contribution in [0, 0.1) is 18.6 Å². The van der Waals surface area contributed by atoms with E-state index in [1.165, 1.54) is 0 Å². The third kappa shape index (κ3) is 5.18. The van der Waals surface area contributed by atoms with Gasteiger partial charge in [-0.15, -0.1) is 0 Å². The number of benzene rings is 1. The molecule has 2 aromatic heterocycles. The van der Waals surface area contributed by atoms with Crippen LogP contribution in [0.4, 0.5) is 42.2 Å². The Morgan fingerprint density at radius 1 is 1.17 bits per heavy atom. The lowest BCUT2D eigenvalue weighted by atomic mass is 9.93. The number of piperazine rings is 1. The van der Waals surface area contributed by atoms with Crippen LogP contribution in [0.2, 0.25) is 0 Å². The van der Waals surface area contributed by atoms with Crippen molar-refractivity contribution in [1.82, 2.24) is 25.2 Å². The predicted octanol–water partition coefficient (Wildman–Crippen LogP) is 5.47. The van der Waals surface area contributed by atoms with E-state index in [1.54, 1.807) is 18.9 Å². The van der Waals surface area contributed by atoms with E-state index in [0.717, 1.165) is 19.8 Å². The van der Waals surface area contributed by atoms with Crippen molar-refractivity contribution in [2.75, 3.05) is 37.4 Å². The van der Waals surface area contributed by atoms with Gasteiger partial charge in [-0.1, -0.05) is 0 Å². The number of likely N-dealkylation sites (N-methyl/N-ethyl adjacent to an activating group) is 1. The molecule has 0 unspecified atom stereocenters. The van der Waals surface area contributed by atoms with Crippen molar-refractivity contribution in [2.24, 2.45) is 0 Å². The lowest BCUT2D eigenvalue weighted by Crippen LogP contribution is -2.62. The topological polar surface area (TPSA) is 102 Å². The number of ether oxygens (including phenoxy) is 2. The van der Waals surface area contributed by atoms with Gasteiger partial charge in [0.1, 0.15) is 40.9 Å². The molecule has 3 saturated heterocycles. The Kier molecular flexibility index (Phi) is 7.61. The molecular formula is C31H34F7N7O2. The molecule has 0 amide bonds. The number of nitrogens with two attached hydrogens (primary N) is 1. The van der Waals surface area contributed by atoms with Crippen LogP contribution < -0.4 is 25.4 Å². The van der Waals surface area contributed by atoms with Crippen molar-refractivity contribution >= 4 is 22.4 Å². The van der Waals surface area contributed by atoms with Gasteiger partial charge in [0.15, 0.2) is 5.82 Å². The first-order valence-corrected chi connectivity index (χ1v) is 15.6. The van der Waals surface area contributed by atoms with Crippen LogP contribution >= 0.6 is 0 Å². The largest absolute Gasteiger partial charge is 0.472 e. The highest BCUT2D eigenvalue weighted by Gasteiger charge is 2.48. The van der Waals surface area contributed by atoms with Crippen LogP contribution in [-0.2, 0) is 6.18 Å². The molecule has 0 spiro atoms. The van der Waals surface area contributed by atoms with E-state index in [-0.39, 0.29) is 47.8 Å². The summed E-state index contributed by atoms with van der Waals surface area (Å²) >= 11 is 0. The normalized spacial score (nSPS) is 27.3. The molecule has 5 atom stereocenters. The van der Waals surface area contributed by atoms with Gasteiger partial charge < -0.3 is 25.4 Å². The first-order chi connectivity index (χ1) is 22.2. The summed E-state index contributed by atoms with van der Waals surface area (Å²) < 4.78 is 114. The standard InChI is InChI=1S/C31H34F7N7O2/c1-13-21(31(36,37)38)16(9-17(39)22(13)34)24-23(35)25-20-27(43-29(42-25)46-12-30(10-19(32)33)7-4-8-44(30)3)45-11-15-5-6-18(40-15)26(45)14(2)47-28(20)41-24/h9,14-15,18-19,26,40H,4-8,10-12,39H2,1-3H3/t14-,15+,18-,26+,30+/m0/s1. The van der Waals surface area contributed by atoms with E-state index in [0.29, 0.717) is 32.0 Å². The Hall–Kier alpha value is -3.66. The van der Waals surface area contributed by atoms with Crippen LogP contribution in [0.25, 0.3) is 22.2 Å². The van der Waals surface area contributed by atoms with Crippen molar-refractivity contribution in [2.45, 2.75) is 88.3 Å². The Labute approximate surface area is 265 Å². The lowest BCUT2D eigenvalue weighted by Gasteiger charge is -2.42. The fraction of sp³-hybridized carbons (Fsp3) is 0.581. The lowest BCUT2D eigenvalue weighted by molar-refractivity contribution is -0.137. The number of nitrogens with zero attached hydrogens (tertiary/aromatic N) is 5. The number of likely N-dealkylation sites (tertiary alicyclic amines) is 1. The quantitative estimate of drug-likeness (QED) is 0.262. The van der Waals surface area contributed by atoms with Crippen molar-refractivity contribution in [3.8, 4) is 23.1 Å². The monoisotopic (exact) mass is 669 g/mol. The summed E-state index contributed by atoms with van der Waals surface area (Å²) in [6.45, 7) is 3.52. The van der Waals surface area contributed by atoms with Crippen LogP contribution in [-0.4, -0.2) is 82.8 Å². The van der Waals surface area contributed by atoms with Crippen molar-refractivity contribution in [3.05, 3.63) is 28.8 Å². The Morgan fingerprint density at radius 2 is 1.94 bits per heavy atom. The average molecular weight is 670 g/mol. The minimum atomic E-state index is -5.09. The first kappa shape index (κ1) is 31.9. The van der Waals surface area contributed by atoms with E-state index >= 15 is 4.39 Å². The van der Waals surface area contributed by atoms with Gasteiger partial charge in [0.25, 0.3) is 0 Å². The molecule has 1 aromatic carbocycles. The number of nitrogens with one attached hydrogen (secondary N) is 1. The number of hydrogen-bond acceptors (Lipinski definition) is 9. The molecule has 3 N–H and O–H groups in total. The summed E-state index contributed by atoms with van der Waals surface area (Å²) in [7, 11) is 1.73. The molecule has 16 heteroatoms. The third-order valence-corrected chi connectivity index (χ3v) is 10.2. The number of rotatable bonds is 6. The van der Waals surface area contributed by atoms with Crippen LogP contribution in [0.1, 0.15) is 50.2 Å². The molecule has 6 heterocycles. The molecule has 254 valence electrons. The number of aromatic nitrogens is 3. The third-order valence-electron chi connectivity index (χ3n) is 10.2. The summed E-state index contributed by atoms with van der Waals surface area (Å²) in [6, 6.07) is 0.117. The minimum Gasteiger partial charge on any atom is -0.472 e. The first-order valence-electron chi connectivity index (χ1n) is 15.6. The fourth-order valence-electron chi connectivity index (χ4n) is 7.96. The van der Waals surface area contributed by atoms with Crippen LogP contribution in [0.15, 0.2) is 6.07 Å². The van der Waals surface area contributed by atoms with E-state index in [4.69, 9.17) is 15.2 Å². The maximum absolute atomic E-state index is 16.8. The number of nitrogen functional groups attached to an aromatic ring is 1. The summed E-state index contributed by atoms with van der Waals surface area (Å²) in [6.07, 6.45) is -5.94. The molecule has 0 radical (unpaired) electrons. The Bertz CT molecular complexity index is 1740. The van der Waals surface area contributed by atoms with E-state index < -0.39 is 75.9 Å². The molecule has 47 heavy (non-hydrogen) atoms. The highest BCUT2D eigenvalue weighted by molar-refractivity contribution is 5.97. The minimum absolute atomic E-state index is 0.0328. The van der Waals surface area contributed by atoms with Gasteiger partial charge in [0.05, 0.1) is 22.8 Å². The number of pyridine rings is 1. The van der Waals surface area contributed by atoms with E-state index in [9.17, 15) is 26.3 Å². The van der Waals surface area contributed by atoms with Gasteiger partial charge in [-0.25, -0.2) is 22.5 Å². The predicted molar refractivity (Wildman–Crippen MR) is 159 cm³/mol. The number of alkyl halides is 5. The van der Waals surface area contributed by atoms with Gasteiger partial charge in [-0.2, -0.15) is 23.1 Å². The highest BCUT2D eigenvalue weighted by Crippen LogP contribution is 2.47. The van der Waals surface area contributed by atoms with Crippen molar-refractivity contribution < 1.29 is 40.2 Å².